The molecule has 0 spiro atoms. The number of imide groups is 1. The van der Waals surface area contributed by atoms with Crippen LogP contribution >= 0.6 is 0 Å². The first kappa shape index (κ1) is 25.5. The number of amides is 4. The highest BCUT2D eigenvalue weighted by atomic mass is 32.2. The molecule has 2 N–H and O–H groups in total. The minimum Gasteiger partial charge on any atom is -0.493 e. The molecule has 2 aliphatic rings. The Morgan fingerprint density at radius 2 is 1.67 bits per heavy atom. The number of hydrogen-bond donors (Lipinski definition) is 2. The molecule has 11 nitrogen and oxygen atoms in total. The Morgan fingerprint density at radius 1 is 1.03 bits per heavy atom. The van der Waals surface area contributed by atoms with Crippen LogP contribution in [0.4, 0.5) is 10.5 Å². The van der Waals surface area contributed by atoms with Crippen molar-refractivity contribution >= 4 is 33.6 Å². The van der Waals surface area contributed by atoms with E-state index in [9.17, 15) is 22.8 Å². The maximum Gasteiger partial charge on any atom is 0.325 e. The molecule has 0 unspecified atom stereocenters. The van der Waals surface area contributed by atoms with Crippen molar-refractivity contribution in [3.63, 3.8) is 0 Å². The lowest BCUT2D eigenvalue weighted by molar-refractivity contribution is -0.133. The number of benzene rings is 2. The fourth-order valence-corrected chi connectivity index (χ4v) is 5.83. The molecule has 192 valence electrons. The summed E-state index contributed by atoms with van der Waals surface area (Å²) >= 11 is 0. The van der Waals surface area contributed by atoms with Gasteiger partial charge in [-0.25, -0.2) is 13.2 Å². The predicted octanol–water partition coefficient (Wildman–Crippen LogP) is 1.89. The van der Waals surface area contributed by atoms with Crippen LogP contribution in [-0.4, -0.2) is 69.3 Å². The summed E-state index contributed by atoms with van der Waals surface area (Å²) in [7, 11) is -0.618. The highest BCUT2D eigenvalue weighted by Crippen LogP contribution is 2.35. The van der Waals surface area contributed by atoms with Crippen LogP contribution in [0.1, 0.15) is 25.3 Å². The lowest BCUT2D eigenvalue weighted by Gasteiger charge is -2.23. The Bertz CT molecular complexity index is 1290. The van der Waals surface area contributed by atoms with Crippen molar-refractivity contribution in [1.82, 2.24) is 14.5 Å². The zero-order valence-corrected chi connectivity index (χ0v) is 21.1. The van der Waals surface area contributed by atoms with Crippen LogP contribution in [-0.2, 0) is 25.2 Å². The van der Waals surface area contributed by atoms with Crippen LogP contribution < -0.4 is 20.1 Å². The number of rotatable bonds is 8. The smallest absolute Gasteiger partial charge is 0.325 e. The SMILES string of the molecule is COc1ccc([C@@]2(C)NC(=O)N(CC(=O)Nc3ccc(S(=O)(=O)N4CCCC4)cc3)C2=O)cc1OC. The molecule has 0 aliphatic carbocycles. The topological polar surface area (TPSA) is 134 Å². The fourth-order valence-electron chi connectivity index (χ4n) is 4.32. The third kappa shape index (κ3) is 4.61. The first-order valence-corrected chi connectivity index (χ1v) is 12.8. The lowest BCUT2D eigenvalue weighted by atomic mass is 9.91. The molecular formula is C24H28N4O7S. The van der Waals surface area contributed by atoms with E-state index in [0.717, 1.165) is 17.7 Å². The van der Waals surface area contributed by atoms with Gasteiger partial charge in [-0.15, -0.1) is 0 Å². The van der Waals surface area contributed by atoms with Crippen LogP contribution in [0.5, 0.6) is 11.5 Å². The molecule has 0 radical (unpaired) electrons. The van der Waals surface area contributed by atoms with Crippen molar-refractivity contribution in [3.8, 4) is 11.5 Å². The van der Waals surface area contributed by atoms with E-state index in [1.165, 1.54) is 42.8 Å². The number of anilines is 1. The van der Waals surface area contributed by atoms with Crippen molar-refractivity contribution < 1.29 is 32.3 Å². The van der Waals surface area contributed by atoms with E-state index in [2.05, 4.69) is 10.6 Å². The van der Waals surface area contributed by atoms with E-state index in [1.54, 1.807) is 25.1 Å². The maximum atomic E-state index is 13.2. The molecule has 0 aromatic heterocycles. The van der Waals surface area contributed by atoms with Gasteiger partial charge in [0.2, 0.25) is 15.9 Å². The van der Waals surface area contributed by atoms with Crippen molar-refractivity contribution in [3.05, 3.63) is 48.0 Å². The van der Waals surface area contributed by atoms with Crippen LogP contribution in [0.2, 0.25) is 0 Å². The molecule has 2 aromatic carbocycles. The van der Waals surface area contributed by atoms with Gasteiger partial charge in [0.05, 0.1) is 19.1 Å². The van der Waals surface area contributed by atoms with E-state index in [-0.39, 0.29) is 4.90 Å². The van der Waals surface area contributed by atoms with Crippen LogP contribution in [0.3, 0.4) is 0 Å². The molecule has 0 bridgehead atoms. The second-order valence-electron chi connectivity index (χ2n) is 8.70. The number of nitrogens with zero attached hydrogens (tertiary/aromatic N) is 2. The molecule has 0 saturated carbocycles. The van der Waals surface area contributed by atoms with Gasteiger partial charge in [0.1, 0.15) is 12.1 Å². The van der Waals surface area contributed by atoms with E-state index >= 15 is 0 Å². The van der Waals surface area contributed by atoms with Gasteiger partial charge in [-0.1, -0.05) is 6.07 Å². The highest BCUT2D eigenvalue weighted by molar-refractivity contribution is 7.89. The van der Waals surface area contributed by atoms with E-state index in [4.69, 9.17) is 9.47 Å². The average molecular weight is 517 g/mol. The number of carbonyl (C=O) groups is 3. The summed E-state index contributed by atoms with van der Waals surface area (Å²) in [5.74, 6) is -0.339. The molecule has 2 aliphatic heterocycles. The van der Waals surface area contributed by atoms with E-state index in [1.807, 2.05) is 0 Å². The number of carbonyl (C=O) groups excluding carboxylic acids is 3. The fraction of sp³-hybridized carbons (Fsp3) is 0.375. The van der Waals surface area contributed by atoms with Crippen molar-refractivity contribution in [2.24, 2.45) is 0 Å². The first-order chi connectivity index (χ1) is 17.1. The van der Waals surface area contributed by atoms with Gasteiger partial charge in [-0.05, 0) is 61.7 Å². The molecule has 4 rings (SSSR count). The summed E-state index contributed by atoms with van der Waals surface area (Å²) in [4.78, 5) is 39.4. The minimum atomic E-state index is -3.57. The van der Waals surface area contributed by atoms with Gasteiger partial charge in [-0.2, -0.15) is 4.31 Å². The number of hydrogen-bond acceptors (Lipinski definition) is 7. The van der Waals surface area contributed by atoms with Crippen molar-refractivity contribution in [2.75, 3.05) is 39.2 Å². The lowest BCUT2D eigenvalue weighted by Crippen LogP contribution is -2.42. The maximum absolute atomic E-state index is 13.2. The van der Waals surface area contributed by atoms with Crippen LogP contribution in [0, 0.1) is 0 Å². The van der Waals surface area contributed by atoms with Crippen LogP contribution in [0.15, 0.2) is 47.4 Å². The van der Waals surface area contributed by atoms with Gasteiger partial charge < -0.3 is 20.1 Å². The molecule has 2 saturated heterocycles. The van der Waals surface area contributed by atoms with Gasteiger partial charge in [0.25, 0.3) is 5.91 Å². The summed E-state index contributed by atoms with van der Waals surface area (Å²) in [5.41, 5.74) is -0.589. The number of ether oxygens (including phenoxy) is 2. The quantitative estimate of drug-likeness (QED) is 0.512. The normalized spacial score (nSPS) is 20.4. The molecule has 2 aromatic rings. The van der Waals surface area contributed by atoms with E-state index < -0.39 is 40.0 Å². The number of methoxy groups -OCH3 is 2. The van der Waals surface area contributed by atoms with Gasteiger partial charge in [0, 0.05) is 18.8 Å². The Kier molecular flexibility index (Phi) is 6.92. The van der Waals surface area contributed by atoms with Gasteiger partial charge in [0.15, 0.2) is 11.5 Å². The van der Waals surface area contributed by atoms with Gasteiger partial charge >= 0.3 is 6.03 Å². The molecule has 4 amide bonds. The Labute approximate surface area is 209 Å². The molecule has 12 heteroatoms. The number of urea groups is 1. The Balaban J connectivity index is 1.44. The summed E-state index contributed by atoms with van der Waals surface area (Å²) < 4.78 is 37.3. The molecular weight excluding hydrogens is 488 g/mol. The third-order valence-electron chi connectivity index (χ3n) is 6.38. The number of sulfonamides is 1. The summed E-state index contributed by atoms with van der Waals surface area (Å²) in [5, 5.41) is 5.25. The zero-order chi connectivity index (χ0) is 26.1. The predicted molar refractivity (Wildman–Crippen MR) is 130 cm³/mol. The largest absolute Gasteiger partial charge is 0.493 e. The molecule has 36 heavy (non-hydrogen) atoms. The second-order valence-corrected chi connectivity index (χ2v) is 10.6. The summed E-state index contributed by atoms with van der Waals surface area (Å²) in [6.07, 6.45) is 1.67. The third-order valence-corrected chi connectivity index (χ3v) is 8.29. The second kappa shape index (κ2) is 9.78. The minimum absolute atomic E-state index is 0.141. The Hall–Kier alpha value is -3.64. The highest BCUT2D eigenvalue weighted by Gasteiger charge is 2.49. The Morgan fingerprint density at radius 3 is 2.28 bits per heavy atom. The van der Waals surface area contributed by atoms with Crippen molar-refractivity contribution in [2.45, 2.75) is 30.2 Å². The monoisotopic (exact) mass is 516 g/mol. The summed E-state index contributed by atoms with van der Waals surface area (Å²) in [6, 6.07) is 9.94. The van der Waals surface area contributed by atoms with Crippen molar-refractivity contribution in [1.29, 1.82) is 0 Å². The molecule has 2 heterocycles. The zero-order valence-electron chi connectivity index (χ0n) is 20.2. The standard InChI is InChI=1S/C24H28N4O7S/c1-24(16-6-11-19(34-2)20(14-16)35-3)22(30)28(23(31)26-24)15-21(29)25-17-7-9-18(10-8-17)36(32,33)27-12-4-5-13-27/h6-11,14H,4-5,12-13,15H2,1-3H3,(H,25,29)(H,26,31)/t24-/m1/s1. The van der Waals surface area contributed by atoms with E-state index in [0.29, 0.717) is 35.8 Å². The van der Waals surface area contributed by atoms with Gasteiger partial charge in [-0.3, -0.25) is 14.5 Å². The summed E-state index contributed by atoms with van der Waals surface area (Å²) in [6.45, 7) is 2.03. The molecule has 1 atom stereocenters. The molecule has 2 fully saturated rings. The average Bonchev–Trinajstić information content (AvgIpc) is 3.49. The first-order valence-electron chi connectivity index (χ1n) is 11.4. The number of nitrogens with one attached hydrogen (secondary N) is 2. The van der Waals surface area contributed by atoms with Crippen LogP contribution in [0.25, 0.3) is 0 Å².